The van der Waals surface area contributed by atoms with E-state index in [0.717, 1.165) is 0 Å². The van der Waals surface area contributed by atoms with Crippen molar-refractivity contribution in [2.75, 3.05) is 19.8 Å². The molecule has 0 spiro atoms. The van der Waals surface area contributed by atoms with E-state index in [1.807, 2.05) is 12.3 Å². The summed E-state index contributed by atoms with van der Waals surface area (Å²) in [4.78, 5) is 30.1. The van der Waals surface area contributed by atoms with Crippen molar-refractivity contribution in [3.63, 3.8) is 0 Å². The van der Waals surface area contributed by atoms with E-state index in [2.05, 4.69) is 4.98 Å². The molecule has 2 aromatic heterocycles. The first kappa shape index (κ1) is 19.2. The Morgan fingerprint density at radius 1 is 1.30 bits per heavy atom. The molecule has 0 radical (unpaired) electrons. The molecule has 0 bridgehead atoms. The lowest BCUT2D eigenvalue weighted by Gasteiger charge is -2.14. The van der Waals surface area contributed by atoms with Gasteiger partial charge in [-0.15, -0.1) is 11.3 Å². The van der Waals surface area contributed by atoms with Crippen LogP contribution in [-0.2, 0) is 14.3 Å². The second kappa shape index (κ2) is 8.41. The van der Waals surface area contributed by atoms with Crippen molar-refractivity contribution >= 4 is 27.5 Å². The highest BCUT2D eigenvalue weighted by atomic mass is 32.1. The molecule has 3 aromatic rings. The van der Waals surface area contributed by atoms with Gasteiger partial charge in [-0.25, -0.2) is 14.2 Å². The molecule has 0 saturated heterocycles. The third kappa shape index (κ3) is 4.06. The minimum absolute atomic E-state index is 0.126. The monoisotopic (exact) mass is 390 g/mol. The molecular weight excluding hydrogens is 371 g/mol. The van der Waals surface area contributed by atoms with E-state index in [4.69, 9.17) is 9.47 Å². The Kier molecular flexibility index (Phi) is 5.98. The SMILES string of the molecule is CCOCCOC(=O)[C@@H](C)n1cnc2scc(-c3ccc(F)cc3)c2c1=O. The average Bonchev–Trinajstić information content (AvgIpc) is 3.10. The molecule has 27 heavy (non-hydrogen) atoms. The molecule has 1 atom stereocenters. The number of hydrogen-bond acceptors (Lipinski definition) is 6. The van der Waals surface area contributed by atoms with E-state index in [1.54, 1.807) is 19.1 Å². The summed E-state index contributed by atoms with van der Waals surface area (Å²) in [7, 11) is 0. The molecule has 0 aliphatic rings. The van der Waals surface area contributed by atoms with Crippen LogP contribution in [0.3, 0.4) is 0 Å². The number of ether oxygens (including phenoxy) is 2. The Bertz CT molecular complexity index is 997. The summed E-state index contributed by atoms with van der Waals surface area (Å²) >= 11 is 1.32. The van der Waals surface area contributed by atoms with Gasteiger partial charge in [0.05, 0.1) is 18.3 Å². The molecule has 0 saturated carbocycles. The molecule has 3 rings (SSSR count). The number of nitrogens with zero attached hydrogens (tertiary/aromatic N) is 2. The Morgan fingerprint density at radius 3 is 2.74 bits per heavy atom. The molecule has 1 aromatic carbocycles. The summed E-state index contributed by atoms with van der Waals surface area (Å²) in [5.74, 6) is -0.881. The van der Waals surface area contributed by atoms with E-state index >= 15 is 0 Å². The van der Waals surface area contributed by atoms with Crippen LogP contribution in [0, 0.1) is 5.82 Å². The normalized spacial score (nSPS) is 12.3. The van der Waals surface area contributed by atoms with E-state index in [0.29, 0.717) is 34.6 Å². The molecule has 0 aliphatic carbocycles. The smallest absolute Gasteiger partial charge is 0.329 e. The zero-order valence-electron chi connectivity index (χ0n) is 15.0. The summed E-state index contributed by atoms with van der Waals surface area (Å²) in [5.41, 5.74) is 1.04. The van der Waals surface area contributed by atoms with Gasteiger partial charge >= 0.3 is 5.97 Å². The average molecular weight is 390 g/mol. The number of hydrogen-bond donors (Lipinski definition) is 0. The van der Waals surface area contributed by atoms with Crippen LogP contribution < -0.4 is 5.56 Å². The molecule has 0 unspecified atom stereocenters. The Morgan fingerprint density at radius 2 is 2.04 bits per heavy atom. The topological polar surface area (TPSA) is 70.4 Å². The summed E-state index contributed by atoms with van der Waals surface area (Å²) in [5, 5.41) is 2.21. The van der Waals surface area contributed by atoms with Gasteiger partial charge in [0.2, 0.25) is 0 Å². The maximum atomic E-state index is 13.2. The molecule has 6 nitrogen and oxygen atoms in total. The molecule has 0 aliphatic heterocycles. The van der Waals surface area contributed by atoms with Gasteiger partial charge < -0.3 is 9.47 Å². The van der Waals surface area contributed by atoms with Crippen molar-refractivity contribution in [1.29, 1.82) is 0 Å². The summed E-state index contributed by atoms with van der Waals surface area (Å²) in [6.07, 6.45) is 1.35. The number of carbonyl (C=O) groups excluding carboxylic acids is 1. The van der Waals surface area contributed by atoms with E-state index in [9.17, 15) is 14.0 Å². The van der Waals surface area contributed by atoms with Gasteiger partial charge in [0.25, 0.3) is 5.56 Å². The van der Waals surface area contributed by atoms with Crippen molar-refractivity contribution in [2.24, 2.45) is 0 Å². The van der Waals surface area contributed by atoms with Gasteiger partial charge in [0, 0.05) is 17.6 Å². The second-order valence-corrected chi connectivity index (χ2v) is 6.69. The zero-order valence-corrected chi connectivity index (χ0v) is 15.8. The standard InChI is InChI=1S/C19H19FN2O4S/c1-3-25-8-9-26-19(24)12(2)22-11-21-17-16(18(22)23)15(10-27-17)13-4-6-14(20)7-5-13/h4-7,10-12H,3,8-9H2,1-2H3/t12-/m1/s1. The Hall–Kier alpha value is -2.58. The van der Waals surface area contributed by atoms with Crippen LogP contribution in [-0.4, -0.2) is 35.3 Å². The molecular formula is C19H19FN2O4S. The largest absolute Gasteiger partial charge is 0.462 e. The Balaban J connectivity index is 1.92. The van der Waals surface area contributed by atoms with Gasteiger partial charge in [0.15, 0.2) is 0 Å². The highest BCUT2D eigenvalue weighted by molar-refractivity contribution is 7.17. The number of esters is 1. The number of benzene rings is 1. The maximum Gasteiger partial charge on any atom is 0.329 e. The van der Waals surface area contributed by atoms with Gasteiger partial charge in [-0.1, -0.05) is 12.1 Å². The Labute approximate surface area is 159 Å². The van der Waals surface area contributed by atoms with Crippen LogP contribution in [0.1, 0.15) is 19.9 Å². The number of carbonyl (C=O) groups is 1. The van der Waals surface area contributed by atoms with Crippen LogP contribution in [0.15, 0.2) is 40.8 Å². The molecule has 0 amide bonds. The first-order valence-corrected chi connectivity index (χ1v) is 9.39. The number of halogens is 1. The molecule has 2 heterocycles. The molecule has 0 fully saturated rings. The highest BCUT2D eigenvalue weighted by Gasteiger charge is 2.21. The van der Waals surface area contributed by atoms with Gasteiger partial charge in [-0.2, -0.15) is 0 Å². The zero-order chi connectivity index (χ0) is 19.4. The summed E-state index contributed by atoms with van der Waals surface area (Å²) in [6, 6.07) is 5.08. The van der Waals surface area contributed by atoms with E-state index < -0.39 is 12.0 Å². The lowest BCUT2D eigenvalue weighted by molar-refractivity contribution is -0.148. The first-order chi connectivity index (χ1) is 13.0. The fourth-order valence-corrected chi connectivity index (χ4v) is 3.55. The van der Waals surface area contributed by atoms with Crippen LogP contribution in [0.2, 0.25) is 0 Å². The number of rotatable bonds is 7. The van der Waals surface area contributed by atoms with Crippen LogP contribution >= 0.6 is 11.3 Å². The number of thiophene rings is 1. The summed E-state index contributed by atoms with van der Waals surface area (Å²) < 4.78 is 24.7. The number of fused-ring (bicyclic) bond motifs is 1. The third-order valence-corrected chi connectivity index (χ3v) is 5.00. The van der Waals surface area contributed by atoms with E-state index in [-0.39, 0.29) is 18.0 Å². The van der Waals surface area contributed by atoms with Gasteiger partial charge in [-0.3, -0.25) is 9.36 Å². The third-order valence-electron chi connectivity index (χ3n) is 4.11. The van der Waals surface area contributed by atoms with Crippen molar-refractivity contribution in [2.45, 2.75) is 19.9 Å². The highest BCUT2D eigenvalue weighted by Crippen LogP contribution is 2.30. The van der Waals surface area contributed by atoms with Crippen LogP contribution in [0.5, 0.6) is 0 Å². The fourth-order valence-electron chi connectivity index (χ4n) is 2.64. The quantitative estimate of drug-likeness (QED) is 0.457. The van der Waals surface area contributed by atoms with E-state index in [1.165, 1.54) is 34.4 Å². The van der Waals surface area contributed by atoms with Crippen molar-refractivity contribution < 1.29 is 18.7 Å². The van der Waals surface area contributed by atoms with Crippen LogP contribution in [0.4, 0.5) is 4.39 Å². The van der Waals surface area contributed by atoms with Gasteiger partial charge in [0.1, 0.15) is 23.3 Å². The fraction of sp³-hybridized carbons (Fsp3) is 0.316. The minimum atomic E-state index is -0.822. The van der Waals surface area contributed by atoms with Crippen molar-refractivity contribution in [1.82, 2.24) is 9.55 Å². The van der Waals surface area contributed by atoms with Gasteiger partial charge in [-0.05, 0) is 31.5 Å². The lowest BCUT2D eigenvalue weighted by Crippen LogP contribution is -2.30. The lowest BCUT2D eigenvalue weighted by atomic mass is 10.1. The molecule has 0 N–H and O–H groups in total. The maximum absolute atomic E-state index is 13.2. The van der Waals surface area contributed by atoms with Crippen LogP contribution in [0.25, 0.3) is 21.3 Å². The summed E-state index contributed by atoms with van der Waals surface area (Å²) in [6.45, 7) is 4.41. The van der Waals surface area contributed by atoms with Crippen molar-refractivity contribution in [3.05, 3.63) is 52.1 Å². The predicted octanol–water partition coefficient (Wildman–Crippen LogP) is 3.40. The predicted molar refractivity (Wildman–Crippen MR) is 101 cm³/mol. The van der Waals surface area contributed by atoms with Crippen molar-refractivity contribution in [3.8, 4) is 11.1 Å². The minimum Gasteiger partial charge on any atom is -0.462 e. The second-order valence-electron chi connectivity index (χ2n) is 5.83. The number of aromatic nitrogens is 2. The molecule has 142 valence electrons. The first-order valence-electron chi connectivity index (χ1n) is 8.51. The molecule has 8 heteroatoms.